The summed E-state index contributed by atoms with van der Waals surface area (Å²) in [4.78, 5) is 33.6. The summed E-state index contributed by atoms with van der Waals surface area (Å²) in [6.45, 7) is 10.1. The third kappa shape index (κ3) is 5.18. The molecule has 7 nitrogen and oxygen atoms in total. The summed E-state index contributed by atoms with van der Waals surface area (Å²) in [7, 11) is 0. The summed E-state index contributed by atoms with van der Waals surface area (Å²) < 4.78 is 0. The molecule has 2 saturated heterocycles. The smallest absolute Gasteiger partial charge is 0.260 e. The Bertz CT molecular complexity index is 920. The molecule has 0 atom stereocenters. The van der Waals surface area contributed by atoms with Crippen molar-refractivity contribution in [2.24, 2.45) is 0 Å². The molecular weight excluding hydrogens is 400 g/mol. The van der Waals surface area contributed by atoms with Crippen molar-refractivity contribution in [3.63, 3.8) is 0 Å². The van der Waals surface area contributed by atoms with E-state index in [-0.39, 0.29) is 5.56 Å². The van der Waals surface area contributed by atoms with E-state index in [1.165, 1.54) is 51.4 Å². The maximum absolute atomic E-state index is 13.3. The van der Waals surface area contributed by atoms with E-state index < -0.39 is 0 Å². The first-order chi connectivity index (χ1) is 15.7. The number of anilines is 3. The van der Waals surface area contributed by atoms with Crippen LogP contribution in [0.25, 0.3) is 10.9 Å². The van der Waals surface area contributed by atoms with Crippen LogP contribution < -0.4 is 20.3 Å². The van der Waals surface area contributed by atoms with E-state index in [4.69, 9.17) is 9.97 Å². The van der Waals surface area contributed by atoms with Gasteiger partial charge in [0.25, 0.3) is 5.56 Å². The lowest BCUT2D eigenvalue weighted by molar-refractivity contribution is 0.720. The van der Waals surface area contributed by atoms with E-state index in [0.717, 1.165) is 69.3 Å². The van der Waals surface area contributed by atoms with Gasteiger partial charge >= 0.3 is 0 Å². The average Bonchev–Trinajstić information content (AvgIpc) is 3.24. The van der Waals surface area contributed by atoms with Crippen LogP contribution in [0, 0.1) is 0 Å². The molecule has 0 spiro atoms. The molecular formula is C25H40N6O. The Morgan fingerprint density at radius 1 is 0.844 bits per heavy atom. The number of fused-ring (bicyclic) bond motifs is 1. The Morgan fingerprint density at radius 3 is 1.97 bits per heavy atom. The minimum atomic E-state index is -0.0447. The van der Waals surface area contributed by atoms with Crippen LogP contribution in [0.3, 0.4) is 0 Å². The summed E-state index contributed by atoms with van der Waals surface area (Å²) in [5, 5.41) is 0.676. The number of hydrogen-bond donors (Lipinski definition) is 1. The first kappa shape index (κ1) is 22.9. The van der Waals surface area contributed by atoms with Crippen molar-refractivity contribution >= 4 is 28.5 Å². The Hall–Kier alpha value is -2.31. The van der Waals surface area contributed by atoms with Crippen molar-refractivity contribution in [3.8, 4) is 0 Å². The van der Waals surface area contributed by atoms with Crippen LogP contribution in [0.15, 0.2) is 10.9 Å². The van der Waals surface area contributed by atoms with E-state index in [2.05, 4.69) is 33.5 Å². The first-order valence-corrected chi connectivity index (χ1v) is 12.9. The number of nitrogens with zero attached hydrogens (tertiary/aromatic N) is 5. The molecule has 2 aromatic heterocycles. The molecule has 0 aromatic carbocycles. The highest BCUT2D eigenvalue weighted by molar-refractivity contribution is 5.91. The number of aromatic nitrogens is 3. The topological polar surface area (TPSA) is 68.4 Å². The van der Waals surface area contributed by atoms with Crippen molar-refractivity contribution in [2.75, 3.05) is 54.0 Å². The summed E-state index contributed by atoms with van der Waals surface area (Å²) in [5.41, 5.74) is 0.721. The van der Waals surface area contributed by atoms with E-state index >= 15 is 0 Å². The molecule has 0 unspecified atom stereocenters. The average molecular weight is 441 g/mol. The fourth-order valence-electron chi connectivity index (χ4n) is 5.08. The Kier molecular flexibility index (Phi) is 7.87. The van der Waals surface area contributed by atoms with Crippen LogP contribution in [0.4, 0.5) is 17.6 Å². The lowest BCUT2D eigenvalue weighted by Crippen LogP contribution is -2.31. The minimum Gasteiger partial charge on any atom is -0.357 e. The van der Waals surface area contributed by atoms with Crippen LogP contribution in [-0.4, -0.2) is 54.2 Å². The molecule has 0 bridgehead atoms. The summed E-state index contributed by atoms with van der Waals surface area (Å²) >= 11 is 0. The molecule has 2 fully saturated rings. The van der Waals surface area contributed by atoms with Gasteiger partial charge in [0.2, 0.25) is 5.95 Å². The lowest BCUT2D eigenvalue weighted by atomic mass is 10.2. The number of hydrogen-bond acceptors (Lipinski definition) is 6. The van der Waals surface area contributed by atoms with Crippen molar-refractivity contribution in [1.29, 1.82) is 0 Å². The predicted molar refractivity (Wildman–Crippen MR) is 134 cm³/mol. The van der Waals surface area contributed by atoms with Gasteiger partial charge in [-0.05, 0) is 44.6 Å². The number of pyridine rings is 1. The van der Waals surface area contributed by atoms with Crippen molar-refractivity contribution < 1.29 is 0 Å². The second-order valence-electron chi connectivity index (χ2n) is 9.38. The molecule has 176 valence electrons. The lowest BCUT2D eigenvalue weighted by Gasteiger charge is -2.28. The molecule has 2 aromatic rings. The van der Waals surface area contributed by atoms with Gasteiger partial charge in [0.1, 0.15) is 11.3 Å². The molecule has 4 rings (SSSR count). The van der Waals surface area contributed by atoms with Gasteiger partial charge in [-0.2, -0.15) is 0 Å². The molecule has 7 heteroatoms. The molecule has 0 aliphatic carbocycles. The molecule has 0 amide bonds. The van der Waals surface area contributed by atoms with Gasteiger partial charge in [-0.15, -0.1) is 0 Å². The van der Waals surface area contributed by atoms with E-state index in [9.17, 15) is 4.79 Å². The molecule has 0 radical (unpaired) electrons. The largest absolute Gasteiger partial charge is 0.357 e. The Balaban J connectivity index is 1.84. The van der Waals surface area contributed by atoms with Crippen LogP contribution in [0.5, 0.6) is 0 Å². The number of aromatic amines is 1. The van der Waals surface area contributed by atoms with Crippen LogP contribution in [0.2, 0.25) is 0 Å². The number of H-pyrrole nitrogens is 1. The van der Waals surface area contributed by atoms with Gasteiger partial charge in [0.15, 0.2) is 5.82 Å². The summed E-state index contributed by atoms with van der Waals surface area (Å²) in [6.07, 6.45) is 11.8. The zero-order chi connectivity index (χ0) is 22.3. The van der Waals surface area contributed by atoms with Gasteiger partial charge in [0, 0.05) is 39.3 Å². The van der Waals surface area contributed by atoms with E-state index in [1.54, 1.807) is 0 Å². The van der Waals surface area contributed by atoms with E-state index in [1.807, 2.05) is 6.07 Å². The highest BCUT2D eigenvalue weighted by Crippen LogP contribution is 2.30. The SMILES string of the molecule is CCCN(CCC)c1nc2c(N3CCCCCC3)nc(N3CCCCCC3)cc2c(=O)[nH]1. The second kappa shape index (κ2) is 11.0. The van der Waals surface area contributed by atoms with Gasteiger partial charge in [-0.1, -0.05) is 39.5 Å². The van der Waals surface area contributed by atoms with Gasteiger partial charge in [0.05, 0.1) is 5.39 Å². The molecule has 2 aliphatic heterocycles. The third-order valence-corrected chi connectivity index (χ3v) is 6.77. The minimum absolute atomic E-state index is 0.0447. The maximum atomic E-state index is 13.3. The zero-order valence-corrected chi connectivity index (χ0v) is 20.0. The fourth-order valence-corrected chi connectivity index (χ4v) is 5.08. The summed E-state index contributed by atoms with van der Waals surface area (Å²) in [5.74, 6) is 2.54. The third-order valence-electron chi connectivity index (χ3n) is 6.77. The van der Waals surface area contributed by atoms with Crippen LogP contribution >= 0.6 is 0 Å². The van der Waals surface area contributed by atoms with Gasteiger partial charge < -0.3 is 14.7 Å². The Labute approximate surface area is 192 Å². The molecule has 4 heterocycles. The predicted octanol–water partition coefficient (Wildman–Crippen LogP) is 4.71. The van der Waals surface area contributed by atoms with Crippen LogP contribution in [0.1, 0.15) is 78.1 Å². The van der Waals surface area contributed by atoms with Crippen molar-refractivity contribution in [2.45, 2.75) is 78.1 Å². The Morgan fingerprint density at radius 2 is 1.41 bits per heavy atom. The molecule has 32 heavy (non-hydrogen) atoms. The van der Waals surface area contributed by atoms with Crippen LogP contribution in [-0.2, 0) is 0 Å². The van der Waals surface area contributed by atoms with Gasteiger partial charge in [-0.25, -0.2) is 9.97 Å². The number of rotatable bonds is 7. The van der Waals surface area contributed by atoms with Crippen molar-refractivity contribution in [3.05, 3.63) is 16.4 Å². The molecule has 2 aliphatic rings. The highest BCUT2D eigenvalue weighted by atomic mass is 16.1. The summed E-state index contributed by atoms with van der Waals surface area (Å²) in [6, 6.07) is 1.99. The monoisotopic (exact) mass is 440 g/mol. The standard InChI is InChI=1S/C25H40N6O/c1-3-13-31(14-4-2)25-27-22-20(24(32)28-25)19-21(29-15-9-5-6-10-16-29)26-23(22)30-17-11-7-8-12-18-30/h19H,3-18H2,1-2H3,(H,27,28,32). The van der Waals surface area contributed by atoms with Gasteiger partial charge in [-0.3, -0.25) is 9.78 Å². The first-order valence-electron chi connectivity index (χ1n) is 12.9. The zero-order valence-electron chi connectivity index (χ0n) is 20.0. The maximum Gasteiger partial charge on any atom is 0.260 e. The van der Waals surface area contributed by atoms with Crippen molar-refractivity contribution in [1.82, 2.24) is 15.0 Å². The quantitative estimate of drug-likeness (QED) is 0.673. The fraction of sp³-hybridized carbons (Fsp3) is 0.720. The second-order valence-corrected chi connectivity index (χ2v) is 9.38. The highest BCUT2D eigenvalue weighted by Gasteiger charge is 2.22. The molecule has 1 N–H and O–H groups in total. The van der Waals surface area contributed by atoms with E-state index in [0.29, 0.717) is 11.3 Å². The number of nitrogens with one attached hydrogen (secondary N) is 1. The molecule has 0 saturated carbocycles. The normalized spacial score (nSPS) is 17.9.